The second-order valence-electron chi connectivity index (χ2n) is 3.81. The summed E-state index contributed by atoms with van der Waals surface area (Å²) in [6.07, 6.45) is 1.62. The van der Waals surface area contributed by atoms with Crippen LogP contribution in [0.1, 0.15) is 23.0 Å². The summed E-state index contributed by atoms with van der Waals surface area (Å²) in [5.41, 5.74) is 1.10. The van der Waals surface area contributed by atoms with E-state index in [2.05, 4.69) is 20.5 Å². The first-order valence-corrected chi connectivity index (χ1v) is 5.90. The van der Waals surface area contributed by atoms with Gasteiger partial charge in [0.25, 0.3) is 5.91 Å². The minimum absolute atomic E-state index is 0.216. The lowest BCUT2D eigenvalue weighted by molar-refractivity contribution is 0.102. The molecule has 0 saturated carbocycles. The molecular formula is C13H14N4O2. The van der Waals surface area contributed by atoms with Crippen LogP contribution in [-0.2, 0) is 0 Å². The number of anilines is 1. The monoisotopic (exact) mass is 258 g/mol. The number of rotatable bonds is 4. The highest BCUT2D eigenvalue weighted by molar-refractivity contribution is 6.02. The van der Waals surface area contributed by atoms with Crippen LogP contribution in [0.25, 0.3) is 0 Å². The van der Waals surface area contributed by atoms with Gasteiger partial charge in [-0.2, -0.15) is 0 Å². The van der Waals surface area contributed by atoms with E-state index in [0.29, 0.717) is 18.3 Å². The third kappa shape index (κ3) is 3.25. The molecule has 2 aromatic rings. The molecule has 0 aliphatic carbocycles. The molecule has 0 spiro atoms. The minimum atomic E-state index is -0.350. The lowest BCUT2D eigenvalue weighted by atomic mass is 10.3. The summed E-state index contributed by atoms with van der Waals surface area (Å²) in [6, 6.07) is 6.84. The molecule has 19 heavy (non-hydrogen) atoms. The average molecular weight is 258 g/mol. The van der Waals surface area contributed by atoms with E-state index in [4.69, 9.17) is 4.74 Å². The molecular weight excluding hydrogens is 244 g/mol. The van der Waals surface area contributed by atoms with Crippen LogP contribution < -0.4 is 10.1 Å². The molecule has 1 N–H and O–H groups in total. The van der Waals surface area contributed by atoms with E-state index >= 15 is 0 Å². The highest BCUT2D eigenvalue weighted by atomic mass is 16.5. The van der Waals surface area contributed by atoms with Crippen LogP contribution >= 0.6 is 0 Å². The molecule has 0 aliphatic rings. The molecule has 0 unspecified atom stereocenters. The normalized spacial score (nSPS) is 10.0. The zero-order valence-electron chi connectivity index (χ0n) is 10.8. The van der Waals surface area contributed by atoms with Crippen molar-refractivity contribution in [2.75, 3.05) is 11.9 Å². The van der Waals surface area contributed by atoms with Gasteiger partial charge in [-0.1, -0.05) is 6.07 Å². The Labute approximate surface area is 110 Å². The van der Waals surface area contributed by atoms with Crippen molar-refractivity contribution in [1.29, 1.82) is 0 Å². The predicted octanol–water partition coefficient (Wildman–Crippen LogP) is 1.83. The van der Waals surface area contributed by atoms with Gasteiger partial charge in [-0.25, -0.2) is 4.98 Å². The van der Waals surface area contributed by atoms with Crippen LogP contribution in [0.5, 0.6) is 5.88 Å². The van der Waals surface area contributed by atoms with Gasteiger partial charge in [-0.15, -0.1) is 10.2 Å². The highest BCUT2D eigenvalue weighted by Gasteiger charge is 2.10. The number of carbonyl (C=O) groups excluding carboxylic acids is 1. The Hall–Kier alpha value is -2.50. The van der Waals surface area contributed by atoms with Crippen molar-refractivity contribution in [3.8, 4) is 5.88 Å². The van der Waals surface area contributed by atoms with Crippen LogP contribution in [0, 0.1) is 6.92 Å². The Morgan fingerprint density at radius 1 is 1.32 bits per heavy atom. The summed E-state index contributed by atoms with van der Waals surface area (Å²) in [5.74, 6) is 0.564. The molecule has 0 bridgehead atoms. The molecule has 0 atom stereocenters. The Bertz CT molecular complexity index is 569. The van der Waals surface area contributed by atoms with Gasteiger partial charge >= 0.3 is 0 Å². The van der Waals surface area contributed by atoms with Crippen molar-refractivity contribution in [2.45, 2.75) is 13.8 Å². The largest absolute Gasteiger partial charge is 0.477 e. The summed E-state index contributed by atoms with van der Waals surface area (Å²) in [6.45, 7) is 4.23. The van der Waals surface area contributed by atoms with E-state index in [1.807, 2.05) is 26.0 Å². The molecule has 2 aromatic heterocycles. The van der Waals surface area contributed by atoms with Gasteiger partial charge in [-0.05, 0) is 31.5 Å². The highest BCUT2D eigenvalue weighted by Crippen LogP contribution is 2.11. The summed E-state index contributed by atoms with van der Waals surface area (Å²) >= 11 is 0. The van der Waals surface area contributed by atoms with E-state index in [9.17, 15) is 4.79 Å². The Balaban J connectivity index is 2.10. The number of nitrogens with one attached hydrogen (secondary N) is 1. The van der Waals surface area contributed by atoms with Crippen molar-refractivity contribution < 1.29 is 9.53 Å². The van der Waals surface area contributed by atoms with Gasteiger partial charge in [0.2, 0.25) is 5.88 Å². The average Bonchev–Trinajstić information content (AvgIpc) is 2.42. The Morgan fingerprint density at radius 2 is 2.16 bits per heavy atom. The zero-order valence-corrected chi connectivity index (χ0v) is 10.8. The fourth-order valence-electron chi connectivity index (χ4n) is 1.45. The first kappa shape index (κ1) is 12.9. The molecule has 0 radical (unpaired) electrons. The minimum Gasteiger partial charge on any atom is -0.477 e. The summed E-state index contributed by atoms with van der Waals surface area (Å²) in [4.78, 5) is 16.0. The molecule has 6 nitrogen and oxygen atoms in total. The molecule has 0 aromatic carbocycles. The number of aromatic nitrogens is 3. The maximum absolute atomic E-state index is 11.9. The number of hydrogen-bond donors (Lipinski definition) is 1. The van der Waals surface area contributed by atoms with Crippen molar-refractivity contribution >= 4 is 11.7 Å². The summed E-state index contributed by atoms with van der Waals surface area (Å²) in [5, 5.41) is 10.3. The van der Waals surface area contributed by atoms with Gasteiger partial charge < -0.3 is 10.1 Å². The standard InChI is InChI=1S/C13H14N4O2/c1-3-19-11-7-6-10(16-17-11)13(18)15-12-9(2)5-4-8-14-12/h4-8H,3H2,1-2H3,(H,14,15,18). The number of nitrogens with zero attached hydrogens (tertiary/aromatic N) is 3. The second kappa shape index (κ2) is 5.90. The second-order valence-corrected chi connectivity index (χ2v) is 3.81. The topological polar surface area (TPSA) is 77.0 Å². The number of carbonyl (C=O) groups is 1. The summed E-state index contributed by atoms with van der Waals surface area (Å²) in [7, 11) is 0. The fourth-order valence-corrected chi connectivity index (χ4v) is 1.45. The predicted molar refractivity (Wildman–Crippen MR) is 70.1 cm³/mol. The SMILES string of the molecule is CCOc1ccc(C(=O)Nc2ncccc2C)nn1. The van der Waals surface area contributed by atoms with Gasteiger partial charge in [0, 0.05) is 12.3 Å². The Kier molecular flexibility index (Phi) is 4.02. The van der Waals surface area contributed by atoms with Gasteiger partial charge in [0.15, 0.2) is 5.69 Å². The lowest BCUT2D eigenvalue weighted by Crippen LogP contribution is -2.16. The van der Waals surface area contributed by atoms with Crippen molar-refractivity contribution in [2.24, 2.45) is 0 Å². The number of pyridine rings is 1. The summed E-state index contributed by atoms with van der Waals surface area (Å²) < 4.78 is 5.16. The van der Waals surface area contributed by atoms with E-state index in [1.54, 1.807) is 18.3 Å². The van der Waals surface area contributed by atoms with Crippen LogP contribution in [0.3, 0.4) is 0 Å². The first-order chi connectivity index (χ1) is 9.20. The number of aryl methyl sites for hydroxylation is 1. The Morgan fingerprint density at radius 3 is 2.79 bits per heavy atom. The zero-order chi connectivity index (χ0) is 13.7. The van der Waals surface area contributed by atoms with Crippen molar-refractivity contribution in [1.82, 2.24) is 15.2 Å². The third-order valence-corrected chi connectivity index (χ3v) is 2.41. The third-order valence-electron chi connectivity index (χ3n) is 2.41. The van der Waals surface area contributed by atoms with Gasteiger partial charge in [-0.3, -0.25) is 4.79 Å². The van der Waals surface area contributed by atoms with Crippen molar-refractivity contribution in [3.63, 3.8) is 0 Å². The number of hydrogen-bond acceptors (Lipinski definition) is 5. The lowest BCUT2D eigenvalue weighted by Gasteiger charge is -2.06. The quantitative estimate of drug-likeness (QED) is 0.905. The molecule has 1 amide bonds. The maximum atomic E-state index is 11.9. The van der Waals surface area contributed by atoms with Crippen molar-refractivity contribution in [3.05, 3.63) is 41.7 Å². The fraction of sp³-hybridized carbons (Fsp3) is 0.231. The molecule has 0 fully saturated rings. The molecule has 6 heteroatoms. The van der Waals surface area contributed by atoms with E-state index in [0.717, 1.165) is 5.56 Å². The van der Waals surface area contributed by atoms with Crippen LogP contribution in [0.4, 0.5) is 5.82 Å². The van der Waals surface area contributed by atoms with Gasteiger partial charge in [0.1, 0.15) is 5.82 Å². The van der Waals surface area contributed by atoms with E-state index < -0.39 is 0 Å². The molecule has 98 valence electrons. The molecule has 2 rings (SSSR count). The molecule has 0 aliphatic heterocycles. The van der Waals surface area contributed by atoms with Gasteiger partial charge in [0.05, 0.1) is 6.61 Å². The molecule has 0 saturated heterocycles. The smallest absolute Gasteiger partial charge is 0.277 e. The van der Waals surface area contributed by atoms with E-state index in [1.165, 1.54) is 0 Å². The van der Waals surface area contributed by atoms with Crippen LogP contribution in [0.2, 0.25) is 0 Å². The van der Waals surface area contributed by atoms with Crippen LogP contribution in [-0.4, -0.2) is 27.7 Å². The number of ether oxygens (including phenoxy) is 1. The number of amides is 1. The first-order valence-electron chi connectivity index (χ1n) is 5.90. The maximum Gasteiger partial charge on any atom is 0.277 e. The van der Waals surface area contributed by atoms with Crippen LogP contribution in [0.15, 0.2) is 30.5 Å². The van der Waals surface area contributed by atoms with E-state index in [-0.39, 0.29) is 11.6 Å². The molecule has 2 heterocycles.